The molecule has 1 aromatic carbocycles. The molecule has 0 aliphatic carbocycles. The zero-order valence-corrected chi connectivity index (χ0v) is 11.0. The number of pyridine rings is 1. The third kappa shape index (κ3) is 2.82. The highest BCUT2D eigenvalue weighted by atomic mass is 19.2. The van der Waals surface area contributed by atoms with Crippen LogP contribution in [0, 0.1) is 17.5 Å². The van der Waals surface area contributed by atoms with Crippen molar-refractivity contribution in [2.45, 2.75) is 25.3 Å². The molecule has 1 aromatic heterocycles. The maximum absolute atomic E-state index is 13.7. The molecule has 0 aliphatic heterocycles. The Morgan fingerprint density at radius 2 is 1.90 bits per heavy atom. The first-order chi connectivity index (χ1) is 9.46. The van der Waals surface area contributed by atoms with Gasteiger partial charge in [-0.25, -0.2) is 13.2 Å². The van der Waals surface area contributed by atoms with E-state index in [-0.39, 0.29) is 12.0 Å². The maximum Gasteiger partial charge on any atom is 0.162 e. The average molecular weight is 280 g/mol. The lowest BCUT2D eigenvalue weighted by Crippen LogP contribution is -2.39. The third-order valence-corrected chi connectivity index (χ3v) is 3.41. The largest absolute Gasteiger partial charge is 0.320 e. The molecule has 5 heteroatoms. The molecule has 0 aliphatic rings. The van der Waals surface area contributed by atoms with E-state index in [1.807, 2.05) is 6.92 Å². The van der Waals surface area contributed by atoms with Crippen LogP contribution in [0.4, 0.5) is 13.2 Å². The first-order valence-corrected chi connectivity index (χ1v) is 6.30. The Balaban J connectivity index is 2.36. The highest BCUT2D eigenvalue weighted by molar-refractivity contribution is 5.25. The van der Waals surface area contributed by atoms with Gasteiger partial charge < -0.3 is 5.73 Å². The summed E-state index contributed by atoms with van der Waals surface area (Å²) in [5, 5.41) is 0. The van der Waals surface area contributed by atoms with E-state index in [0.29, 0.717) is 12.1 Å². The Morgan fingerprint density at radius 3 is 2.50 bits per heavy atom. The van der Waals surface area contributed by atoms with Crippen LogP contribution in [-0.2, 0) is 12.0 Å². The van der Waals surface area contributed by atoms with Crippen LogP contribution in [0.15, 0.2) is 36.5 Å². The summed E-state index contributed by atoms with van der Waals surface area (Å²) in [6.45, 7) is 1.82. The molecular weight excluding hydrogens is 265 g/mol. The van der Waals surface area contributed by atoms with Gasteiger partial charge in [-0.05, 0) is 36.6 Å². The summed E-state index contributed by atoms with van der Waals surface area (Å²) >= 11 is 0. The van der Waals surface area contributed by atoms with Crippen molar-refractivity contribution in [3.8, 4) is 0 Å². The summed E-state index contributed by atoms with van der Waals surface area (Å²) in [6, 6.07) is 6.69. The van der Waals surface area contributed by atoms with Crippen molar-refractivity contribution in [3.63, 3.8) is 0 Å². The van der Waals surface area contributed by atoms with E-state index in [1.165, 1.54) is 24.3 Å². The van der Waals surface area contributed by atoms with Gasteiger partial charge in [0.2, 0.25) is 0 Å². The molecule has 2 rings (SSSR count). The Morgan fingerprint density at radius 1 is 1.15 bits per heavy atom. The number of nitrogens with two attached hydrogens (primary N) is 1. The van der Waals surface area contributed by atoms with E-state index in [0.717, 1.165) is 12.3 Å². The molecule has 0 saturated carbocycles. The molecule has 1 heterocycles. The standard InChI is InChI=1S/C15H15F3N2/c1-2-15(19,13-7-6-11(16)9-20-13)8-10-4-3-5-12(17)14(10)18/h3-7,9H,2,8,19H2,1H3. The lowest BCUT2D eigenvalue weighted by Gasteiger charge is -2.28. The van der Waals surface area contributed by atoms with Crippen molar-refractivity contribution >= 4 is 0 Å². The minimum Gasteiger partial charge on any atom is -0.320 e. The molecule has 0 radical (unpaired) electrons. The third-order valence-electron chi connectivity index (χ3n) is 3.41. The van der Waals surface area contributed by atoms with Crippen molar-refractivity contribution < 1.29 is 13.2 Å². The van der Waals surface area contributed by atoms with Gasteiger partial charge in [0.15, 0.2) is 11.6 Å². The number of nitrogens with zero attached hydrogens (tertiary/aromatic N) is 1. The van der Waals surface area contributed by atoms with E-state index in [2.05, 4.69) is 4.98 Å². The molecule has 20 heavy (non-hydrogen) atoms. The fraction of sp³-hybridized carbons (Fsp3) is 0.267. The smallest absolute Gasteiger partial charge is 0.162 e. The van der Waals surface area contributed by atoms with Crippen LogP contribution in [0.25, 0.3) is 0 Å². The summed E-state index contributed by atoms with van der Waals surface area (Å²) < 4.78 is 39.9. The summed E-state index contributed by atoms with van der Waals surface area (Å²) in [5.74, 6) is -2.28. The lowest BCUT2D eigenvalue weighted by molar-refractivity contribution is 0.397. The number of hydrogen-bond acceptors (Lipinski definition) is 2. The van der Waals surface area contributed by atoms with Crippen molar-refractivity contribution in [2.75, 3.05) is 0 Å². The molecule has 1 unspecified atom stereocenters. The van der Waals surface area contributed by atoms with Crippen LogP contribution < -0.4 is 5.73 Å². The summed E-state index contributed by atoms with van der Waals surface area (Å²) in [7, 11) is 0. The van der Waals surface area contributed by atoms with E-state index in [4.69, 9.17) is 5.73 Å². The monoisotopic (exact) mass is 280 g/mol. The lowest BCUT2D eigenvalue weighted by atomic mass is 9.85. The first-order valence-electron chi connectivity index (χ1n) is 6.30. The van der Waals surface area contributed by atoms with E-state index in [1.54, 1.807) is 0 Å². The SMILES string of the molecule is CCC(N)(Cc1cccc(F)c1F)c1ccc(F)cn1. The Bertz CT molecular complexity index is 599. The second-order valence-corrected chi connectivity index (χ2v) is 4.76. The molecule has 0 spiro atoms. The predicted molar refractivity (Wildman–Crippen MR) is 70.4 cm³/mol. The number of benzene rings is 1. The molecule has 1 atom stereocenters. The van der Waals surface area contributed by atoms with Gasteiger partial charge >= 0.3 is 0 Å². The predicted octanol–water partition coefficient (Wildman–Crippen LogP) is 3.31. The summed E-state index contributed by atoms with van der Waals surface area (Å²) in [6.07, 6.45) is 1.61. The topological polar surface area (TPSA) is 38.9 Å². The van der Waals surface area contributed by atoms with Gasteiger partial charge in [0.05, 0.1) is 17.4 Å². The van der Waals surface area contributed by atoms with Gasteiger partial charge in [-0.2, -0.15) is 0 Å². The highest BCUT2D eigenvalue weighted by Crippen LogP contribution is 2.27. The zero-order valence-electron chi connectivity index (χ0n) is 11.0. The van der Waals surface area contributed by atoms with Gasteiger partial charge in [-0.1, -0.05) is 19.1 Å². The van der Waals surface area contributed by atoms with Crippen molar-refractivity contribution in [1.29, 1.82) is 0 Å². The normalized spacial score (nSPS) is 14.1. The van der Waals surface area contributed by atoms with Gasteiger partial charge in [0, 0.05) is 0 Å². The van der Waals surface area contributed by atoms with E-state index < -0.39 is 23.0 Å². The molecule has 2 aromatic rings. The Labute approximate surface area is 115 Å². The molecule has 0 amide bonds. The van der Waals surface area contributed by atoms with Crippen LogP contribution in [0.3, 0.4) is 0 Å². The summed E-state index contributed by atoms with van der Waals surface area (Å²) in [5.41, 5.74) is 5.91. The highest BCUT2D eigenvalue weighted by Gasteiger charge is 2.29. The zero-order chi connectivity index (χ0) is 14.8. The molecule has 0 bridgehead atoms. The molecule has 0 saturated heterocycles. The van der Waals surface area contributed by atoms with E-state index in [9.17, 15) is 13.2 Å². The Kier molecular flexibility index (Phi) is 4.09. The number of rotatable bonds is 4. The minimum absolute atomic E-state index is 0.0890. The van der Waals surface area contributed by atoms with Gasteiger partial charge in [-0.3, -0.25) is 4.98 Å². The van der Waals surface area contributed by atoms with Crippen LogP contribution in [-0.4, -0.2) is 4.98 Å². The molecule has 0 fully saturated rings. The summed E-state index contributed by atoms with van der Waals surface area (Å²) in [4.78, 5) is 3.95. The van der Waals surface area contributed by atoms with Crippen molar-refractivity contribution in [3.05, 3.63) is 65.2 Å². The second-order valence-electron chi connectivity index (χ2n) is 4.76. The Hall–Kier alpha value is -1.88. The molecule has 2 N–H and O–H groups in total. The van der Waals surface area contributed by atoms with Crippen LogP contribution in [0.1, 0.15) is 24.6 Å². The van der Waals surface area contributed by atoms with Crippen LogP contribution >= 0.6 is 0 Å². The van der Waals surface area contributed by atoms with Gasteiger partial charge in [0.1, 0.15) is 5.82 Å². The number of aromatic nitrogens is 1. The minimum atomic E-state index is -0.970. The quantitative estimate of drug-likeness (QED) is 0.933. The van der Waals surface area contributed by atoms with Gasteiger partial charge in [0.25, 0.3) is 0 Å². The first kappa shape index (κ1) is 14.5. The molecule has 2 nitrogen and oxygen atoms in total. The van der Waals surface area contributed by atoms with Gasteiger partial charge in [-0.15, -0.1) is 0 Å². The van der Waals surface area contributed by atoms with Crippen molar-refractivity contribution in [2.24, 2.45) is 5.73 Å². The van der Waals surface area contributed by atoms with Crippen LogP contribution in [0.2, 0.25) is 0 Å². The number of halogens is 3. The second kappa shape index (κ2) is 5.63. The fourth-order valence-corrected chi connectivity index (χ4v) is 2.09. The van der Waals surface area contributed by atoms with Crippen molar-refractivity contribution in [1.82, 2.24) is 4.98 Å². The molecular formula is C15H15F3N2. The maximum atomic E-state index is 13.7. The number of hydrogen-bond donors (Lipinski definition) is 1. The molecule has 106 valence electrons. The van der Waals surface area contributed by atoms with Crippen LogP contribution in [0.5, 0.6) is 0 Å². The fourth-order valence-electron chi connectivity index (χ4n) is 2.09. The average Bonchev–Trinajstić information content (AvgIpc) is 2.44. The van der Waals surface area contributed by atoms with E-state index >= 15 is 0 Å².